The highest BCUT2D eigenvalue weighted by molar-refractivity contribution is 5.19. The standard InChI is InChI=1S/C15H25N3/c1-14(2)8-3-9-18(14)11-15(10-16,12-4-5-12)17-13-6-7-13/h12-13,17H,3-9,11H2,1-2H3. The number of likely N-dealkylation sites (tertiary alicyclic amines) is 1. The number of rotatable bonds is 5. The number of hydrogen-bond donors (Lipinski definition) is 1. The van der Waals surface area contributed by atoms with E-state index in [0.717, 1.165) is 13.1 Å². The van der Waals surface area contributed by atoms with Gasteiger partial charge in [-0.15, -0.1) is 0 Å². The van der Waals surface area contributed by atoms with Crippen LogP contribution in [0.1, 0.15) is 52.4 Å². The fraction of sp³-hybridized carbons (Fsp3) is 0.933. The van der Waals surface area contributed by atoms with Gasteiger partial charge < -0.3 is 0 Å². The van der Waals surface area contributed by atoms with Crippen LogP contribution in [0.15, 0.2) is 0 Å². The molecule has 0 amide bonds. The minimum absolute atomic E-state index is 0.261. The van der Waals surface area contributed by atoms with Gasteiger partial charge in [0.15, 0.2) is 0 Å². The largest absolute Gasteiger partial charge is 0.295 e. The van der Waals surface area contributed by atoms with Crippen molar-refractivity contribution in [3.8, 4) is 6.07 Å². The van der Waals surface area contributed by atoms with E-state index >= 15 is 0 Å². The summed E-state index contributed by atoms with van der Waals surface area (Å²) in [6.07, 6.45) is 7.55. The zero-order valence-electron chi connectivity index (χ0n) is 11.7. The molecule has 1 unspecified atom stereocenters. The number of hydrogen-bond acceptors (Lipinski definition) is 3. The summed E-state index contributed by atoms with van der Waals surface area (Å²) in [7, 11) is 0. The Hall–Kier alpha value is -0.590. The summed E-state index contributed by atoms with van der Waals surface area (Å²) in [6.45, 7) is 6.74. The topological polar surface area (TPSA) is 39.1 Å². The van der Waals surface area contributed by atoms with Crippen LogP contribution in [0.3, 0.4) is 0 Å². The third kappa shape index (κ3) is 2.29. The lowest BCUT2D eigenvalue weighted by Gasteiger charge is -2.39. The molecule has 3 nitrogen and oxygen atoms in total. The molecule has 1 N–H and O–H groups in total. The molecule has 3 rings (SSSR count). The molecular formula is C15H25N3. The van der Waals surface area contributed by atoms with Gasteiger partial charge in [-0.05, 0) is 64.8 Å². The second kappa shape index (κ2) is 4.21. The van der Waals surface area contributed by atoms with Gasteiger partial charge in [0.1, 0.15) is 5.54 Å². The molecule has 18 heavy (non-hydrogen) atoms. The smallest absolute Gasteiger partial charge is 0.122 e. The van der Waals surface area contributed by atoms with Crippen LogP contribution >= 0.6 is 0 Å². The number of nitrogens with one attached hydrogen (secondary N) is 1. The number of nitriles is 1. The van der Waals surface area contributed by atoms with Crippen molar-refractivity contribution >= 4 is 0 Å². The monoisotopic (exact) mass is 247 g/mol. The molecule has 0 spiro atoms. The lowest BCUT2D eigenvalue weighted by atomic mass is 9.91. The first-order valence-electron chi connectivity index (χ1n) is 7.50. The lowest BCUT2D eigenvalue weighted by molar-refractivity contribution is 0.128. The number of nitrogens with zero attached hydrogens (tertiary/aromatic N) is 2. The molecule has 2 saturated carbocycles. The van der Waals surface area contributed by atoms with Crippen molar-refractivity contribution in [2.45, 2.75) is 69.5 Å². The van der Waals surface area contributed by atoms with Crippen molar-refractivity contribution in [3.05, 3.63) is 0 Å². The summed E-state index contributed by atoms with van der Waals surface area (Å²) >= 11 is 0. The van der Waals surface area contributed by atoms with Crippen LogP contribution in [0.25, 0.3) is 0 Å². The van der Waals surface area contributed by atoms with Crippen molar-refractivity contribution < 1.29 is 0 Å². The zero-order valence-corrected chi connectivity index (χ0v) is 11.7. The maximum absolute atomic E-state index is 9.75. The van der Waals surface area contributed by atoms with E-state index in [9.17, 15) is 5.26 Å². The van der Waals surface area contributed by atoms with Crippen molar-refractivity contribution in [2.75, 3.05) is 13.1 Å². The van der Waals surface area contributed by atoms with E-state index in [2.05, 4.69) is 30.1 Å². The van der Waals surface area contributed by atoms with Crippen LogP contribution in [0.2, 0.25) is 0 Å². The van der Waals surface area contributed by atoms with E-state index < -0.39 is 0 Å². The minimum atomic E-state index is -0.261. The quantitative estimate of drug-likeness (QED) is 0.810. The summed E-state index contributed by atoms with van der Waals surface area (Å²) in [5.41, 5.74) is 0.0188. The molecular weight excluding hydrogens is 222 g/mol. The summed E-state index contributed by atoms with van der Waals surface area (Å²) in [6, 6.07) is 3.28. The van der Waals surface area contributed by atoms with E-state index in [0.29, 0.717) is 12.0 Å². The summed E-state index contributed by atoms with van der Waals surface area (Å²) in [4.78, 5) is 2.55. The van der Waals surface area contributed by atoms with E-state index in [1.54, 1.807) is 0 Å². The van der Waals surface area contributed by atoms with Crippen LogP contribution in [0.5, 0.6) is 0 Å². The molecule has 3 fully saturated rings. The molecule has 100 valence electrons. The van der Waals surface area contributed by atoms with Crippen molar-refractivity contribution in [1.82, 2.24) is 10.2 Å². The Morgan fingerprint density at radius 3 is 2.50 bits per heavy atom. The van der Waals surface area contributed by atoms with Gasteiger partial charge in [-0.1, -0.05) is 0 Å². The molecule has 1 heterocycles. The molecule has 0 aromatic rings. The first-order chi connectivity index (χ1) is 8.56. The Morgan fingerprint density at radius 2 is 2.06 bits per heavy atom. The highest BCUT2D eigenvalue weighted by atomic mass is 15.2. The van der Waals surface area contributed by atoms with Gasteiger partial charge in [0.25, 0.3) is 0 Å². The molecule has 1 atom stereocenters. The minimum Gasteiger partial charge on any atom is -0.295 e. The molecule has 1 saturated heterocycles. The molecule has 3 heteroatoms. The Bertz CT molecular complexity index is 362. The maximum Gasteiger partial charge on any atom is 0.122 e. The highest BCUT2D eigenvalue weighted by Crippen LogP contribution is 2.43. The fourth-order valence-electron chi connectivity index (χ4n) is 3.38. The van der Waals surface area contributed by atoms with E-state index in [1.807, 2.05) is 0 Å². The van der Waals surface area contributed by atoms with E-state index in [-0.39, 0.29) is 11.1 Å². The summed E-state index contributed by atoms with van der Waals surface area (Å²) < 4.78 is 0. The first kappa shape index (κ1) is 12.4. The highest BCUT2D eigenvalue weighted by Gasteiger charge is 2.50. The van der Waals surface area contributed by atoms with Gasteiger partial charge >= 0.3 is 0 Å². The average Bonchev–Trinajstić information content (AvgIpc) is 3.20. The van der Waals surface area contributed by atoms with Crippen LogP contribution in [0, 0.1) is 17.2 Å². The molecule has 3 aliphatic rings. The van der Waals surface area contributed by atoms with Gasteiger partial charge in [0.05, 0.1) is 6.07 Å². The Kier molecular flexibility index (Phi) is 2.91. The van der Waals surface area contributed by atoms with Gasteiger partial charge in [-0.2, -0.15) is 5.26 Å². The first-order valence-corrected chi connectivity index (χ1v) is 7.50. The second-order valence-electron chi connectivity index (χ2n) is 7.11. The summed E-state index contributed by atoms with van der Waals surface area (Å²) in [5.74, 6) is 0.597. The molecule has 0 aromatic heterocycles. The third-order valence-electron chi connectivity index (χ3n) is 5.03. The van der Waals surface area contributed by atoms with Crippen molar-refractivity contribution in [2.24, 2.45) is 5.92 Å². The molecule has 0 aromatic carbocycles. The Labute approximate surface area is 111 Å². The third-order valence-corrected chi connectivity index (χ3v) is 5.03. The Morgan fingerprint density at radius 1 is 1.33 bits per heavy atom. The molecule has 0 radical (unpaired) electrons. The van der Waals surface area contributed by atoms with E-state index in [4.69, 9.17) is 0 Å². The van der Waals surface area contributed by atoms with Crippen LogP contribution in [0.4, 0.5) is 0 Å². The molecule has 1 aliphatic heterocycles. The van der Waals surface area contributed by atoms with Gasteiger partial charge in [0.2, 0.25) is 0 Å². The second-order valence-corrected chi connectivity index (χ2v) is 7.11. The lowest BCUT2D eigenvalue weighted by Crippen LogP contribution is -2.57. The van der Waals surface area contributed by atoms with Crippen LogP contribution in [-0.2, 0) is 0 Å². The molecule has 0 bridgehead atoms. The SMILES string of the molecule is CC1(C)CCCN1CC(C#N)(NC1CC1)C1CC1. The summed E-state index contributed by atoms with van der Waals surface area (Å²) in [5, 5.41) is 13.4. The Balaban J connectivity index is 1.74. The fourth-order valence-corrected chi connectivity index (χ4v) is 3.38. The average molecular weight is 247 g/mol. The predicted molar refractivity (Wildman–Crippen MR) is 72.1 cm³/mol. The predicted octanol–water partition coefficient (Wildman–Crippen LogP) is 2.29. The van der Waals surface area contributed by atoms with Gasteiger partial charge in [-0.3, -0.25) is 10.2 Å². The zero-order chi connectivity index (χ0) is 12.8. The van der Waals surface area contributed by atoms with Gasteiger partial charge in [0, 0.05) is 18.1 Å². The molecule has 2 aliphatic carbocycles. The maximum atomic E-state index is 9.75. The van der Waals surface area contributed by atoms with Crippen LogP contribution in [-0.4, -0.2) is 35.1 Å². The van der Waals surface area contributed by atoms with Gasteiger partial charge in [-0.25, -0.2) is 0 Å². The normalized spacial score (nSPS) is 30.9. The van der Waals surface area contributed by atoms with Crippen LogP contribution < -0.4 is 5.32 Å². The van der Waals surface area contributed by atoms with Crippen molar-refractivity contribution in [3.63, 3.8) is 0 Å². The van der Waals surface area contributed by atoms with Crippen molar-refractivity contribution in [1.29, 1.82) is 5.26 Å². The van der Waals surface area contributed by atoms with E-state index in [1.165, 1.54) is 38.5 Å².